The summed E-state index contributed by atoms with van der Waals surface area (Å²) >= 11 is 0. The van der Waals surface area contributed by atoms with E-state index in [2.05, 4.69) is 10.2 Å². The van der Waals surface area contributed by atoms with Gasteiger partial charge in [0.15, 0.2) is 0 Å². The average molecular weight is 557 g/mol. The number of ether oxygens (including phenoxy) is 1. The molecule has 3 aromatic carbocycles. The third kappa shape index (κ3) is 6.88. The monoisotopic (exact) mass is 556 g/mol. The number of amides is 3. The number of nitrogens with zero attached hydrogens (tertiary/aromatic N) is 3. The molecule has 3 aromatic rings. The van der Waals surface area contributed by atoms with Crippen molar-refractivity contribution in [3.63, 3.8) is 0 Å². The van der Waals surface area contributed by atoms with Crippen LogP contribution in [0.15, 0.2) is 72.8 Å². The van der Waals surface area contributed by atoms with Gasteiger partial charge in [0.2, 0.25) is 5.91 Å². The summed E-state index contributed by atoms with van der Waals surface area (Å²) in [5.41, 5.74) is 3.39. The third-order valence-electron chi connectivity index (χ3n) is 7.71. The van der Waals surface area contributed by atoms with E-state index < -0.39 is 0 Å². The van der Waals surface area contributed by atoms with Gasteiger partial charge in [-0.15, -0.1) is 0 Å². The first-order valence-corrected chi connectivity index (χ1v) is 14.4. The van der Waals surface area contributed by atoms with E-state index in [-0.39, 0.29) is 23.6 Å². The Morgan fingerprint density at radius 2 is 1.59 bits per heavy atom. The molecule has 216 valence electrons. The van der Waals surface area contributed by atoms with Gasteiger partial charge in [0.1, 0.15) is 5.75 Å². The Kier molecular flexibility index (Phi) is 10.0. The highest BCUT2D eigenvalue weighted by molar-refractivity contribution is 6.06. The summed E-state index contributed by atoms with van der Waals surface area (Å²) in [5, 5.41) is 2.93. The molecule has 1 atom stereocenters. The zero-order valence-electron chi connectivity index (χ0n) is 24.4. The summed E-state index contributed by atoms with van der Waals surface area (Å²) < 4.78 is 5.24. The minimum atomic E-state index is -0.283. The quantitative estimate of drug-likeness (QED) is 0.368. The lowest BCUT2D eigenvalue weighted by Gasteiger charge is -2.38. The Morgan fingerprint density at radius 3 is 2.22 bits per heavy atom. The Balaban J connectivity index is 1.54. The molecule has 0 radical (unpaired) electrons. The summed E-state index contributed by atoms with van der Waals surface area (Å²) in [6, 6.07) is 22.4. The van der Waals surface area contributed by atoms with E-state index in [0.717, 1.165) is 17.7 Å². The number of anilines is 2. The predicted molar refractivity (Wildman–Crippen MR) is 163 cm³/mol. The van der Waals surface area contributed by atoms with Crippen molar-refractivity contribution in [2.75, 3.05) is 56.6 Å². The van der Waals surface area contributed by atoms with Crippen LogP contribution < -0.4 is 15.0 Å². The van der Waals surface area contributed by atoms with E-state index in [1.54, 1.807) is 42.3 Å². The summed E-state index contributed by atoms with van der Waals surface area (Å²) in [6.45, 7) is 9.50. The minimum Gasteiger partial charge on any atom is -0.497 e. The van der Waals surface area contributed by atoms with E-state index in [1.807, 2.05) is 68.1 Å². The fourth-order valence-electron chi connectivity index (χ4n) is 5.34. The van der Waals surface area contributed by atoms with E-state index >= 15 is 0 Å². The first kappa shape index (κ1) is 29.6. The van der Waals surface area contributed by atoms with Crippen molar-refractivity contribution < 1.29 is 19.1 Å². The van der Waals surface area contributed by atoms with Crippen LogP contribution in [0.25, 0.3) is 0 Å². The number of piperazine rings is 1. The maximum Gasteiger partial charge on any atom is 0.256 e. The predicted octanol–water partition coefficient (Wildman–Crippen LogP) is 5.27. The smallest absolute Gasteiger partial charge is 0.256 e. The van der Waals surface area contributed by atoms with Gasteiger partial charge in [-0.25, -0.2) is 0 Å². The van der Waals surface area contributed by atoms with Gasteiger partial charge in [0.25, 0.3) is 11.8 Å². The Labute approximate surface area is 242 Å². The highest BCUT2D eigenvalue weighted by atomic mass is 16.5. The van der Waals surface area contributed by atoms with Gasteiger partial charge in [0.05, 0.1) is 18.6 Å². The number of carbonyl (C=O) groups is 3. The van der Waals surface area contributed by atoms with Crippen LogP contribution >= 0.6 is 0 Å². The van der Waals surface area contributed by atoms with Crippen molar-refractivity contribution >= 4 is 29.1 Å². The minimum absolute atomic E-state index is 0.0869. The van der Waals surface area contributed by atoms with Crippen molar-refractivity contribution in [2.45, 2.75) is 33.1 Å². The molecule has 41 heavy (non-hydrogen) atoms. The zero-order valence-corrected chi connectivity index (χ0v) is 24.4. The molecular weight excluding hydrogens is 516 g/mol. The summed E-state index contributed by atoms with van der Waals surface area (Å²) in [5.74, 6) is 0.213. The lowest BCUT2D eigenvalue weighted by Crippen LogP contribution is -2.50. The van der Waals surface area contributed by atoms with Crippen molar-refractivity contribution in [3.05, 3.63) is 89.5 Å². The standard InChI is InChI=1S/C33H40N4O4/c1-5-28(24-12-9-8-10-13-24)32(39)37-20-18-36(19-21-37)30-17-16-26(23-29(30)33(40)35(6-2)7-3)34-31(38)25-14-11-15-27(22-25)41-4/h8-17,22-23,28H,5-7,18-21H2,1-4H3,(H,34,38). The van der Waals surface area contributed by atoms with Crippen molar-refractivity contribution in [3.8, 4) is 5.75 Å². The first-order valence-electron chi connectivity index (χ1n) is 14.4. The van der Waals surface area contributed by atoms with Crippen LogP contribution in [-0.2, 0) is 4.79 Å². The molecular formula is C33H40N4O4. The van der Waals surface area contributed by atoms with E-state index in [4.69, 9.17) is 4.74 Å². The van der Waals surface area contributed by atoms with E-state index in [1.165, 1.54) is 0 Å². The number of carbonyl (C=O) groups excluding carboxylic acids is 3. The highest BCUT2D eigenvalue weighted by Gasteiger charge is 2.29. The Morgan fingerprint density at radius 1 is 0.878 bits per heavy atom. The molecule has 8 heteroatoms. The van der Waals surface area contributed by atoms with Crippen LogP contribution in [0.4, 0.5) is 11.4 Å². The second-order valence-electron chi connectivity index (χ2n) is 10.1. The van der Waals surface area contributed by atoms with E-state index in [9.17, 15) is 14.4 Å². The number of methoxy groups -OCH3 is 1. The number of hydrogen-bond acceptors (Lipinski definition) is 5. The maximum absolute atomic E-state index is 13.6. The molecule has 1 fully saturated rings. The topological polar surface area (TPSA) is 82.2 Å². The van der Waals surface area contributed by atoms with Crippen LogP contribution in [0.2, 0.25) is 0 Å². The van der Waals surface area contributed by atoms with Crippen LogP contribution in [0.3, 0.4) is 0 Å². The molecule has 0 spiro atoms. The summed E-state index contributed by atoms with van der Waals surface area (Å²) in [6.07, 6.45) is 0.745. The lowest BCUT2D eigenvalue weighted by molar-refractivity contribution is -0.133. The third-order valence-corrected chi connectivity index (χ3v) is 7.71. The molecule has 0 bridgehead atoms. The van der Waals surface area contributed by atoms with Crippen LogP contribution in [0, 0.1) is 0 Å². The van der Waals surface area contributed by atoms with Crippen LogP contribution in [0.1, 0.15) is 59.4 Å². The molecule has 1 aliphatic rings. The number of rotatable bonds is 10. The Bertz CT molecular complexity index is 1350. The zero-order chi connectivity index (χ0) is 29.4. The van der Waals surface area contributed by atoms with Gasteiger partial charge in [-0.2, -0.15) is 0 Å². The highest BCUT2D eigenvalue weighted by Crippen LogP contribution is 2.29. The molecule has 0 aromatic heterocycles. The molecule has 1 saturated heterocycles. The summed E-state index contributed by atoms with van der Waals surface area (Å²) in [7, 11) is 1.56. The van der Waals surface area contributed by atoms with Crippen LogP contribution in [-0.4, -0.2) is 73.9 Å². The molecule has 1 heterocycles. The number of benzene rings is 3. The molecule has 1 aliphatic heterocycles. The molecule has 0 aliphatic carbocycles. The molecule has 1 unspecified atom stereocenters. The normalized spacial score (nSPS) is 13.9. The van der Waals surface area contributed by atoms with Crippen molar-refractivity contribution in [1.82, 2.24) is 9.80 Å². The Hall–Kier alpha value is -4.33. The van der Waals surface area contributed by atoms with Gasteiger partial charge in [-0.3, -0.25) is 14.4 Å². The van der Waals surface area contributed by atoms with Gasteiger partial charge in [0, 0.05) is 56.2 Å². The molecule has 1 N–H and O–H groups in total. The largest absolute Gasteiger partial charge is 0.497 e. The van der Waals surface area contributed by atoms with Crippen LogP contribution in [0.5, 0.6) is 5.75 Å². The fourth-order valence-corrected chi connectivity index (χ4v) is 5.34. The van der Waals surface area contributed by atoms with Gasteiger partial charge in [-0.1, -0.05) is 43.3 Å². The summed E-state index contributed by atoms with van der Waals surface area (Å²) in [4.78, 5) is 45.9. The number of nitrogens with one attached hydrogen (secondary N) is 1. The second kappa shape index (κ2) is 13.8. The lowest BCUT2D eigenvalue weighted by atomic mass is 9.94. The maximum atomic E-state index is 13.6. The number of hydrogen-bond donors (Lipinski definition) is 1. The first-order chi connectivity index (χ1) is 19.9. The molecule has 3 amide bonds. The SMILES string of the molecule is CCC(C(=O)N1CCN(c2ccc(NC(=O)c3cccc(OC)c3)cc2C(=O)N(CC)CC)CC1)c1ccccc1. The fraction of sp³-hybridized carbons (Fsp3) is 0.364. The van der Waals surface area contributed by atoms with Gasteiger partial charge in [-0.05, 0) is 62.2 Å². The second-order valence-corrected chi connectivity index (χ2v) is 10.1. The molecule has 4 rings (SSSR count). The molecule has 0 saturated carbocycles. The van der Waals surface area contributed by atoms with E-state index in [0.29, 0.717) is 61.8 Å². The van der Waals surface area contributed by atoms with Crippen molar-refractivity contribution in [2.24, 2.45) is 0 Å². The molecule has 8 nitrogen and oxygen atoms in total. The average Bonchev–Trinajstić information content (AvgIpc) is 3.02. The van der Waals surface area contributed by atoms with Crippen molar-refractivity contribution in [1.29, 1.82) is 0 Å². The van der Waals surface area contributed by atoms with Gasteiger partial charge >= 0.3 is 0 Å². The van der Waals surface area contributed by atoms with Gasteiger partial charge < -0.3 is 24.8 Å².